The zero-order valence-electron chi connectivity index (χ0n) is 11.4. The maximum absolute atomic E-state index is 5.37. The van der Waals surface area contributed by atoms with Crippen LogP contribution in [0.5, 0.6) is 0 Å². The molecule has 18 heavy (non-hydrogen) atoms. The monoisotopic (exact) mass is 239 g/mol. The molecule has 1 heteroatoms. The average Bonchev–Trinajstić information content (AvgIpc) is 2.49. The standard InChI is InChI=1S/C17H21N/c1-6-14(3)13-15(7-2)18-16-9-8-11-17(4,5)12-10-16/h1,7-14,18H,2H2,3-5H3/b15-13+. The fourth-order valence-corrected chi connectivity index (χ4v) is 1.54. The first-order valence-corrected chi connectivity index (χ1v) is 6.13. The van der Waals surface area contributed by atoms with Crippen molar-refractivity contribution >= 4 is 0 Å². The van der Waals surface area contributed by atoms with Crippen molar-refractivity contribution in [1.29, 1.82) is 0 Å². The molecular weight excluding hydrogens is 218 g/mol. The van der Waals surface area contributed by atoms with E-state index in [0.717, 1.165) is 11.4 Å². The van der Waals surface area contributed by atoms with Gasteiger partial charge in [-0.05, 0) is 31.2 Å². The normalized spacial score (nSPS) is 19.4. The molecule has 0 aromatic heterocycles. The van der Waals surface area contributed by atoms with Crippen LogP contribution in [0, 0.1) is 23.7 Å². The molecule has 0 saturated heterocycles. The van der Waals surface area contributed by atoms with Gasteiger partial charge in [0.25, 0.3) is 0 Å². The quantitative estimate of drug-likeness (QED) is 0.578. The predicted molar refractivity (Wildman–Crippen MR) is 79.6 cm³/mol. The van der Waals surface area contributed by atoms with Crippen molar-refractivity contribution < 1.29 is 0 Å². The maximum atomic E-state index is 5.37. The summed E-state index contributed by atoms with van der Waals surface area (Å²) < 4.78 is 0. The molecule has 0 aromatic rings. The lowest BCUT2D eigenvalue weighted by molar-refractivity contribution is 0.626. The van der Waals surface area contributed by atoms with Gasteiger partial charge in [-0.3, -0.25) is 0 Å². The molecule has 1 aliphatic rings. The Labute approximate surface area is 111 Å². The minimum Gasteiger partial charge on any atom is -0.356 e. The Morgan fingerprint density at radius 2 is 2.22 bits per heavy atom. The van der Waals surface area contributed by atoms with Crippen LogP contribution < -0.4 is 5.32 Å². The third kappa shape index (κ3) is 4.51. The van der Waals surface area contributed by atoms with Crippen molar-refractivity contribution in [2.45, 2.75) is 20.8 Å². The van der Waals surface area contributed by atoms with Gasteiger partial charge in [-0.1, -0.05) is 44.6 Å². The molecule has 1 unspecified atom stereocenters. The zero-order chi connectivity index (χ0) is 13.6. The number of hydrogen-bond acceptors (Lipinski definition) is 1. The lowest BCUT2D eigenvalue weighted by atomic mass is 9.93. The second-order valence-electron chi connectivity index (χ2n) is 5.04. The highest BCUT2D eigenvalue weighted by Gasteiger charge is 2.10. The Kier molecular flexibility index (Phi) is 4.80. The molecule has 0 saturated carbocycles. The van der Waals surface area contributed by atoms with Crippen LogP contribution in [0.25, 0.3) is 0 Å². The van der Waals surface area contributed by atoms with Crippen LogP contribution in [0.1, 0.15) is 20.8 Å². The molecule has 0 heterocycles. The summed E-state index contributed by atoms with van der Waals surface area (Å²) >= 11 is 0. The summed E-state index contributed by atoms with van der Waals surface area (Å²) in [6, 6.07) is 0. The highest BCUT2D eigenvalue weighted by Crippen LogP contribution is 2.22. The van der Waals surface area contributed by atoms with Crippen LogP contribution in [0.15, 0.2) is 60.5 Å². The predicted octanol–water partition coefficient (Wildman–Crippen LogP) is 3.95. The summed E-state index contributed by atoms with van der Waals surface area (Å²) in [5.74, 6) is 2.77. The fraction of sp³-hybridized carbons (Fsp3) is 0.294. The smallest absolute Gasteiger partial charge is 0.0381 e. The lowest BCUT2D eigenvalue weighted by Crippen LogP contribution is -2.11. The first-order chi connectivity index (χ1) is 8.46. The van der Waals surface area contributed by atoms with Crippen molar-refractivity contribution in [3.8, 4) is 12.3 Å². The molecule has 1 nitrogen and oxygen atoms in total. The lowest BCUT2D eigenvalue weighted by Gasteiger charge is -2.13. The second-order valence-corrected chi connectivity index (χ2v) is 5.04. The van der Waals surface area contributed by atoms with Crippen LogP contribution in [0.4, 0.5) is 0 Å². The molecule has 0 fully saturated rings. The van der Waals surface area contributed by atoms with Gasteiger partial charge >= 0.3 is 0 Å². The van der Waals surface area contributed by atoms with E-state index < -0.39 is 0 Å². The van der Waals surface area contributed by atoms with Gasteiger partial charge in [0.05, 0.1) is 0 Å². The second kappa shape index (κ2) is 6.12. The Morgan fingerprint density at radius 3 is 2.83 bits per heavy atom. The Hall–Kier alpha value is -1.94. The van der Waals surface area contributed by atoms with E-state index in [-0.39, 0.29) is 11.3 Å². The van der Waals surface area contributed by atoms with Crippen molar-refractivity contribution in [1.82, 2.24) is 5.32 Å². The highest BCUT2D eigenvalue weighted by molar-refractivity contribution is 5.34. The minimum atomic E-state index is 0.0874. The van der Waals surface area contributed by atoms with E-state index in [1.54, 1.807) is 6.08 Å². The van der Waals surface area contributed by atoms with Gasteiger partial charge < -0.3 is 5.32 Å². The third-order valence-electron chi connectivity index (χ3n) is 2.70. The fourth-order valence-electron chi connectivity index (χ4n) is 1.54. The SMILES string of the molecule is C#CC(C)/C=C(\C=C)NC1=CC=CC(C)(C)C=C1. The summed E-state index contributed by atoms with van der Waals surface area (Å²) in [6.45, 7) is 10.1. The first kappa shape index (κ1) is 14.1. The molecule has 0 aromatic carbocycles. The molecule has 1 aliphatic carbocycles. The highest BCUT2D eigenvalue weighted by atomic mass is 14.9. The van der Waals surface area contributed by atoms with Crippen LogP contribution in [0.2, 0.25) is 0 Å². The number of nitrogens with one attached hydrogen (secondary N) is 1. The maximum Gasteiger partial charge on any atom is 0.0381 e. The van der Waals surface area contributed by atoms with Crippen molar-refractivity contribution in [3.05, 3.63) is 60.5 Å². The van der Waals surface area contributed by atoms with Crippen molar-refractivity contribution in [2.75, 3.05) is 0 Å². The molecule has 0 spiro atoms. The Balaban J connectivity index is 2.83. The summed E-state index contributed by atoms with van der Waals surface area (Å²) in [4.78, 5) is 0. The van der Waals surface area contributed by atoms with Crippen molar-refractivity contribution in [3.63, 3.8) is 0 Å². The molecule has 94 valence electrons. The van der Waals surface area contributed by atoms with E-state index in [1.807, 2.05) is 19.1 Å². The molecule has 0 amide bonds. The summed E-state index contributed by atoms with van der Waals surface area (Å²) in [5.41, 5.74) is 2.06. The number of terminal acetylenes is 1. The van der Waals surface area contributed by atoms with Gasteiger partial charge in [-0.25, -0.2) is 0 Å². The molecule has 1 atom stereocenters. The Morgan fingerprint density at radius 1 is 1.50 bits per heavy atom. The van der Waals surface area contributed by atoms with E-state index in [2.05, 4.69) is 56.0 Å². The summed E-state index contributed by atoms with van der Waals surface area (Å²) in [7, 11) is 0. The molecular formula is C17H21N. The van der Waals surface area contributed by atoms with E-state index in [9.17, 15) is 0 Å². The van der Waals surface area contributed by atoms with Gasteiger partial charge in [-0.15, -0.1) is 6.42 Å². The third-order valence-corrected chi connectivity index (χ3v) is 2.70. The Bertz CT molecular complexity index is 464. The van der Waals surface area contributed by atoms with E-state index in [1.165, 1.54) is 0 Å². The number of rotatable bonds is 4. The van der Waals surface area contributed by atoms with Gasteiger partial charge in [0.15, 0.2) is 0 Å². The minimum absolute atomic E-state index is 0.0874. The van der Waals surface area contributed by atoms with E-state index >= 15 is 0 Å². The summed E-state index contributed by atoms with van der Waals surface area (Å²) in [6.07, 6.45) is 19.7. The molecule has 0 bridgehead atoms. The average molecular weight is 239 g/mol. The number of allylic oxidation sites excluding steroid dienone is 7. The van der Waals surface area contributed by atoms with Crippen LogP contribution >= 0.6 is 0 Å². The number of hydrogen-bond donors (Lipinski definition) is 1. The van der Waals surface area contributed by atoms with Crippen LogP contribution in [-0.2, 0) is 0 Å². The van der Waals surface area contributed by atoms with Crippen molar-refractivity contribution in [2.24, 2.45) is 11.3 Å². The molecule has 0 aliphatic heterocycles. The zero-order valence-corrected chi connectivity index (χ0v) is 11.4. The topological polar surface area (TPSA) is 12.0 Å². The van der Waals surface area contributed by atoms with Gasteiger partial charge in [0.2, 0.25) is 0 Å². The van der Waals surface area contributed by atoms with Gasteiger partial charge in [-0.2, -0.15) is 0 Å². The van der Waals surface area contributed by atoms with Crippen LogP contribution in [0.3, 0.4) is 0 Å². The molecule has 1 rings (SSSR count). The van der Waals surface area contributed by atoms with Gasteiger partial charge in [0, 0.05) is 22.7 Å². The summed E-state index contributed by atoms with van der Waals surface area (Å²) in [5, 5.41) is 3.32. The molecule has 1 N–H and O–H groups in total. The van der Waals surface area contributed by atoms with Gasteiger partial charge in [0.1, 0.15) is 0 Å². The first-order valence-electron chi connectivity index (χ1n) is 6.13. The van der Waals surface area contributed by atoms with E-state index in [0.29, 0.717) is 0 Å². The van der Waals surface area contributed by atoms with Crippen LogP contribution in [-0.4, -0.2) is 0 Å². The molecule has 0 radical (unpaired) electrons. The van der Waals surface area contributed by atoms with E-state index in [4.69, 9.17) is 6.42 Å². The largest absolute Gasteiger partial charge is 0.356 e.